The third-order valence-corrected chi connectivity index (χ3v) is 4.17. The van der Waals surface area contributed by atoms with Crippen molar-refractivity contribution < 1.29 is 18.7 Å². The first-order valence-electron chi connectivity index (χ1n) is 8.46. The van der Waals surface area contributed by atoms with Gasteiger partial charge in [-0.3, -0.25) is 4.79 Å². The van der Waals surface area contributed by atoms with Crippen molar-refractivity contribution in [2.45, 2.75) is 45.8 Å². The molecule has 0 bridgehead atoms. The average Bonchev–Trinajstić information content (AvgIpc) is 2.52. The molecule has 1 atom stereocenters. The maximum Gasteiger partial charge on any atom is 0.410 e. The minimum Gasteiger partial charge on any atom is -0.444 e. The number of amides is 2. The Morgan fingerprint density at radius 1 is 1.32 bits per heavy atom. The van der Waals surface area contributed by atoms with Crippen LogP contribution in [0.3, 0.4) is 0 Å². The Morgan fingerprint density at radius 3 is 2.52 bits per heavy atom. The first kappa shape index (κ1) is 19.0. The van der Waals surface area contributed by atoms with Crippen LogP contribution >= 0.6 is 0 Å². The number of nitrogens with two attached hydrogens (primary N) is 1. The van der Waals surface area contributed by atoms with Crippen LogP contribution in [0, 0.1) is 5.82 Å². The number of primary amides is 1. The summed E-state index contributed by atoms with van der Waals surface area (Å²) >= 11 is 0. The van der Waals surface area contributed by atoms with Crippen LogP contribution in [0.5, 0.6) is 0 Å². The second-order valence-corrected chi connectivity index (χ2v) is 7.21. The lowest BCUT2D eigenvalue weighted by atomic mass is 10.1. The Balaban J connectivity index is 2.12. The number of ether oxygens (including phenoxy) is 1. The summed E-state index contributed by atoms with van der Waals surface area (Å²) in [6.07, 6.45) is 0.437. The summed E-state index contributed by atoms with van der Waals surface area (Å²) in [6, 6.07) is 4.37. The third-order valence-electron chi connectivity index (χ3n) is 4.17. The first-order chi connectivity index (χ1) is 11.6. The molecule has 7 heteroatoms. The quantitative estimate of drug-likeness (QED) is 0.908. The zero-order chi connectivity index (χ0) is 18.8. The van der Waals surface area contributed by atoms with E-state index in [4.69, 9.17) is 10.5 Å². The Hall–Kier alpha value is -2.31. The number of anilines is 1. The van der Waals surface area contributed by atoms with Crippen LogP contribution < -0.4 is 10.6 Å². The van der Waals surface area contributed by atoms with E-state index in [2.05, 4.69) is 0 Å². The van der Waals surface area contributed by atoms with Gasteiger partial charge in [-0.2, -0.15) is 0 Å². The number of carbonyl (C=O) groups is 2. The first-order valence-corrected chi connectivity index (χ1v) is 8.46. The van der Waals surface area contributed by atoms with Crippen LogP contribution in [0.1, 0.15) is 44.5 Å². The van der Waals surface area contributed by atoms with Gasteiger partial charge < -0.3 is 20.3 Å². The lowest BCUT2D eigenvalue weighted by Gasteiger charge is -2.42. The van der Waals surface area contributed by atoms with E-state index in [1.807, 2.05) is 32.6 Å². The molecule has 1 aliphatic rings. The van der Waals surface area contributed by atoms with Crippen molar-refractivity contribution in [3.05, 3.63) is 29.6 Å². The minimum absolute atomic E-state index is 0.0255. The van der Waals surface area contributed by atoms with E-state index in [1.54, 1.807) is 11.0 Å². The van der Waals surface area contributed by atoms with Crippen LogP contribution in [0.2, 0.25) is 0 Å². The molecule has 1 fully saturated rings. The molecule has 0 saturated carbocycles. The van der Waals surface area contributed by atoms with Gasteiger partial charge in [0.2, 0.25) is 0 Å². The molecule has 138 valence electrons. The summed E-state index contributed by atoms with van der Waals surface area (Å²) in [5.74, 6) is -1.42. The number of piperazine rings is 1. The molecule has 1 aromatic carbocycles. The van der Waals surface area contributed by atoms with Gasteiger partial charge in [0.1, 0.15) is 11.4 Å². The molecule has 0 radical (unpaired) electrons. The summed E-state index contributed by atoms with van der Waals surface area (Å²) < 4.78 is 19.5. The van der Waals surface area contributed by atoms with Crippen LogP contribution in [-0.4, -0.2) is 48.2 Å². The average molecular weight is 351 g/mol. The van der Waals surface area contributed by atoms with Gasteiger partial charge in [0.05, 0.1) is 11.6 Å². The van der Waals surface area contributed by atoms with E-state index >= 15 is 0 Å². The van der Waals surface area contributed by atoms with Crippen molar-refractivity contribution in [1.82, 2.24) is 4.90 Å². The summed E-state index contributed by atoms with van der Waals surface area (Å²) in [5.41, 5.74) is 5.15. The van der Waals surface area contributed by atoms with E-state index in [9.17, 15) is 14.0 Å². The normalized spacial score (nSPS) is 18.2. The van der Waals surface area contributed by atoms with Gasteiger partial charge in [-0.1, -0.05) is 6.92 Å². The summed E-state index contributed by atoms with van der Waals surface area (Å²) in [5, 5.41) is 0. The third kappa shape index (κ3) is 4.61. The maximum absolute atomic E-state index is 14.0. The molecule has 1 saturated heterocycles. The summed E-state index contributed by atoms with van der Waals surface area (Å²) in [7, 11) is 0. The number of benzene rings is 1. The zero-order valence-corrected chi connectivity index (χ0v) is 15.2. The van der Waals surface area contributed by atoms with Crippen molar-refractivity contribution in [3.8, 4) is 0 Å². The number of hydrogen-bond donors (Lipinski definition) is 1. The SMILES string of the molecule is CC[C@@H]1CN(c2ccc(C(N)=O)c(F)c2)CCN1C(=O)OC(C)(C)C. The molecular formula is C18H26FN3O3. The highest BCUT2D eigenvalue weighted by Gasteiger charge is 2.32. The molecular weight excluding hydrogens is 325 g/mol. The van der Waals surface area contributed by atoms with Crippen LogP contribution in [0.4, 0.5) is 14.9 Å². The van der Waals surface area contributed by atoms with Crippen molar-refractivity contribution in [2.75, 3.05) is 24.5 Å². The lowest BCUT2D eigenvalue weighted by Crippen LogP contribution is -2.56. The highest BCUT2D eigenvalue weighted by atomic mass is 19.1. The van der Waals surface area contributed by atoms with Crippen LogP contribution in [0.25, 0.3) is 0 Å². The fourth-order valence-corrected chi connectivity index (χ4v) is 2.90. The summed E-state index contributed by atoms with van der Waals surface area (Å²) in [4.78, 5) is 27.3. The molecule has 1 aliphatic heterocycles. The fraction of sp³-hybridized carbons (Fsp3) is 0.556. The number of rotatable bonds is 3. The molecule has 2 amide bonds. The van der Waals surface area contributed by atoms with Gasteiger partial charge in [0.15, 0.2) is 0 Å². The fourth-order valence-electron chi connectivity index (χ4n) is 2.90. The van der Waals surface area contributed by atoms with E-state index in [1.165, 1.54) is 12.1 Å². The maximum atomic E-state index is 14.0. The molecule has 6 nitrogen and oxygen atoms in total. The topological polar surface area (TPSA) is 75.9 Å². The number of halogens is 1. The van der Waals surface area contributed by atoms with Gasteiger partial charge in [-0.05, 0) is 45.4 Å². The van der Waals surface area contributed by atoms with Crippen molar-refractivity contribution >= 4 is 17.7 Å². The van der Waals surface area contributed by atoms with Gasteiger partial charge in [-0.25, -0.2) is 9.18 Å². The van der Waals surface area contributed by atoms with E-state index < -0.39 is 17.3 Å². The summed E-state index contributed by atoms with van der Waals surface area (Å²) in [6.45, 7) is 9.15. The molecule has 25 heavy (non-hydrogen) atoms. The predicted molar refractivity (Wildman–Crippen MR) is 94.1 cm³/mol. The Bertz CT molecular complexity index is 657. The van der Waals surface area contributed by atoms with Gasteiger partial charge in [0.25, 0.3) is 5.91 Å². The van der Waals surface area contributed by atoms with Crippen molar-refractivity contribution in [1.29, 1.82) is 0 Å². The van der Waals surface area contributed by atoms with Crippen LogP contribution in [0.15, 0.2) is 18.2 Å². The predicted octanol–water partition coefficient (Wildman–Crippen LogP) is 2.76. The number of carbonyl (C=O) groups excluding carboxylic acids is 2. The largest absolute Gasteiger partial charge is 0.444 e. The Labute approximate surface area is 147 Å². The van der Waals surface area contributed by atoms with Gasteiger partial charge >= 0.3 is 6.09 Å². The smallest absolute Gasteiger partial charge is 0.410 e. The standard InChI is InChI=1S/C18H26FN3O3/c1-5-12-11-21(8-9-22(12)17(24)25-18(2,3)4)13-6-7-14(16(20)23)15(19)10-13/h6-7,10,12H,5,8-9,11H2,1-4H3,(H2,20,23)/t12-/m1/s1. The second-order valence-electron chi connectivity index (χ2n) is 7.21. The number of nitrogens with zero attached hydrogens (tertiary/aromatic N) is 2. The molecule has 0 aromatic heterocycles. The van der Waals surface area contributed by atoms with Crippen molar-refractivity contribution in [2.24, 2.45) is 5.73 Å². The second kappa shape index (κ2) is 7.29. The molecule has 2 rings (SSSR count). The minimum atomic E-state index is -0.787. The van der Waals surface area contributed by atoms with E-state index in [-0.39, 0.29) is 17.7 Å². The molecule has 1 aromatic rings. The molecule has 0 spiro atoms. The highest BCUT2D eigenvalue weighted by molar-refractivity contribution is 5.93. The Morgan fingerprint density at radius 2 is 2.00 bits per heavy atom. The van der Waals surface area contributed by atoms with Crippen LogP contribution in [-0.2, 0) is 4.74 Å². The molecule has 1 heterocycles. The monoisotopic (exact) mass is 351 g/mol. The molecule has 2 N–H and O–H groups in total. The molecule has 0 aliphatic carbocycles. The molecule has 0 unspecified atom stereocenters. The lowest BCUT2D eigenvalue weighted by molar-refractivity contribution is 0.0136. The zero-order valence-electron chi connectivity index (χ0n) is 15.2. The number of hydrogen-bond acceptors (Lipinski definition) is 4. The van der Waals surface area contributed by atoms with Gasteiger partial charge in [-0.15, -0.1) is 0 Å². The van der Waals surface area contributed by atoms with Gasteiger partial charge in [0, 0.05) is 25.3 Å². The van der Waals surface area contributed by atoms with E-state index in [0.29, 0.717) is 25.3 Å². The van der Waals surface area contributed by atoms with E-state index in [0.717, 1.165) is 6.42 Å². The highest BCUT2D eigenvalue weighted by Crippen LogP contribution is 2.24. The van der Waals surface area contributed by atoms with Crippen molar-refractivity contribution in [3.63, 3.8) is 0 Å². The Kier molecular flexibility index (Phi) is 5.55.